The second kappa shape index (κ2) is 16.3. The first kappa shape index (κ1) is 35.8. The highest BCUT2D eigenvalue weighted by atomic mass is 31.2. The maximum atomic E-state index is 13.3. The summed E-state index contributed by atoms with van der Waals surface area (Å²) in [6.45, 7) is 11.0. The first-order chi connectivity index (χ1) is 23.2. The predicted octanol–water partition coefficient (Wildman–Crippen LogP) is 5.41. The molecular formula is C37H47N4O6P. The number of rotatable bonds is 14. The highest BCUT2D eigenvalue weighted by Crippen LogP contribution is 2.48. The topological polar surface area (TPSA) is 109 Å². The number of aryl methyl sites for hydroxylation is 1. The van der Waals surface area contributed by atoms with E-state index < -0.39 is 37.6 Å². The second-order valence-corrected chi connectivity index (χ2v) is 14.0. The summed E-state index contributed by atoms with van der Waals surface area (Å²) in [5.74, 6) is 0. The largest absolute Gasteiger partial charge is 0.394 e. The van der Waals surface area contributed by atoms with Gasteiger partial charge in [-0.1, -0.05) is 91.0 Å². The molecule has 4 aromatic rings. The van der Waals surface area contributed by atoms with Crippen LogP contribution in [0.4, 0.5) is 0 Å². The number of aromatic nitrogens is 2. The van der Waals surface area contributed by atoms with E-state index >= 15 is 0 Å². The fourth-order valence-corrected chi connectivity index (χ4v) is 8.26. The van der Waals surface area contributed by atoms with Crippen molar-refractivity contribution in [2.45, 2.75) is 64.6 Å². The lowest BCUT2D eigenvalue weighted by Crippen LogP contribution is -2.58. The number of benzene rings is 3. The Morgan fingerprint density at radius 2 is 1.40 bits per heavy atom. The number of hydrogen-bond acceptors (Lipinski definition) is 8. The van der Waals surface area contributed by atoms with Crippen molar-refractivity contribution in [2.24, 2.45) is 0 Å². The van der Waals surface area contributed by atoms with Gasteiger partial charge in [0.2, 0.25) is 0 Å². The molecule has 0 saturated carbocycles. The summed E-state index contributed by atoms with van der Waals surface area (Å²) in [6.07, 6.45) is 0.322. The van der Waals surface area contributed by atoms with Gasteiger partial charge < -0.3 is 18.9 Å². The lowest BCUT2D eigenvalue weighted by molar-refractivity contribution is -0.149. The number of nitrogens with one attached hydrogen (secondary N) is 1. The Balaban J connectivity index is 1.64. The van der Waals surface area contributed by atoms with Crippen LogP contribution >= 0.6 is 8.53 Å². The van der Waals surface area contributed by atoms with Gasteiger partial charge in [-0.2, -0.15) is 0 Å². The van der Waals surface area contributed by atoms with E-state index in [0.717, 1.165) is 16.7 Å². The molecule has 5 rings (SSSR count). The van der Waals surface area contributed by atoms with Crippen LogP contribution in [-0.2, 0) is 19.3 Å². The van der Waals surface area contributed by atoms with Crippen LogP contribution in [0.2, 0.25) is 0 Å². The maximum absolute atomic E-state index is 13.3. The first-order valence-electron chi connectivity index (χ1n) is 16.5. The van der Waals surface area contributed by atoms with Gasteiger partial charge in [0.1, 0.15) is 0 Å². The summed E-state index contributed by atoms with van der Waals surface area (Å²) in [5, 5.41) is 9.59. The van der Waals surface area contributed by atoms with Crippen LogP contribution in [0.1, 0.15) is 56.2 Å². The van der Waals surface area contributed by atoms with Crippen LogP contribution in [0.3, 0.4) is 0 Å². The Bertz CT molecular complexity index is 1600. The standard InChI is InChI=1S/C37H47N4O6P/c1-27(2)41(28(3)4)48(45-22-21-42)46-26-33-24-39(25-34(47-33)40-23-29(5)35(43)38-36(40)44)37(30-15-9-6-10-16-30,31-17-11-7-12-18-31)32-19-13-8-14-20-32/h6-20,23,27-28,33-34,42H,21-22,24-26H2,1-5H3,(H,38,43,44)/t33?,34-,48?/m1/s1. The quantitative estimate of drug-likeness (QED) is 0.135. The van der Waals surface area contributed by atoms with Crippen LogP contribution in [0.25, 0.3) is 0 Å². The molecular weight excluding hydrogens is 627 g/mol. The van der Waals surface area contributed by atoms with E-state index in [1.54, 1.807) is 13.1 Å². The van der Waals surface area contributed by atoms with Crippen LogP contribution in [0.5, 0.6) is 0 Å². The molecule has 0 aliphatic carbocycles. The average Bonchev–Trinajstić information content (AvgIpc) is 3.09. The Hall–Kier alpha value is -3.47. The van der Waals surface area contributed by atoms with Crippen LogP contribution in [0, 0.1) is 6.92 Å². The van der Waals surface area contributed by atoms with E-state index in [1.165, 1.54) is 4.57 Å². The molecule has 1 aliphatic heterocycles. The van der Waals surface area contributed by atoms with Gasteiger partial charge in [0.25, 0.3) is 14.1 Å². The van der Waals surface area contributed by atoms with Crippen LogP contribution in [0.15, 0.2) is 107 Å². The highest BCUT2D eigenvalue weighted by Gasteiger charge is 2.47. The number of H-pyrrole nitrogens is 1. The Kier molecular flexibility index (Phi) is 12.2. The minimum absolute atomic E-state index is 0.121. The molecule has 0 radical (unpaired) electrons. The zero-order valence-corrected chi connectivity index (χ0v) is 29.3. The molecule has 1 saturated heterocycles. The van der Waals surface area contributed by atoms with Crippen molar-refractivity contribution in [3.05, 3.63) is 140 Å². The van der Waals surface area contributed by atoms with E-state index in [9.17, 15) is 14.7 Å². The number of nitrogens with zero attached hydrogens (tertiary/aromatic N) is 3. The fraction of sp³-hybridized carbons (Fsp3) is 0.405. The smallest absolute Gasteiger partial charge is 0.330 e. The molecule has 10 nitrogen and oxygen atoms in total. The van der Waals surface area contributed by atoms with Gasteiger partial charge >= 0.3 is 5.69 Å². The molecule has 48 heavy (non-hydrogen) atoms. The molecule has 1 fully saturated rings. The van der Waals surface area contributed by atoms with Gasteiger partial charge in [-0.15, -0.1) is 0 Å². The second-order valence-electron chi connectivity index (χ2n) is 12.6. The minimum Gasteiger partial charge on any atom is -0.394 e. The Morgan fingerprint density at radius 1 is 0.875 bits per heavy atom. The molecule has 2 unspecified atom stereocenters. The number of hydrogen-bond donors (Lipinski definition) is 2. The monoisotopic (exact) mass is 674 g/mol. The molecule has 1 aromatic heterocycles. The molecule has 0 spiro atoms. The molecule has 3 aromatic carbocycles. The molecule has 2 heterocycles. The van der Waals surface area contributed by atoms with E-state index in [4.69, 9.17) is 13.8 Å². The van der Waals surface area contributed by atoms with Crippen molar-refractivity contribution in [1.82, 2.24) is 19.1 Å². The summed E-state index contributed by atoms with van der Waals surface area (Å²) in [7, 11) is -1.53. The van der Waals surface area contributed by atoms with Gasteiger partial charge in [0, 0.05) is 36.9 Å². The summed E-state index contributed by atoms with van der Waals surface area (Å²) in [4.78, 5) is 30.5. The van der Waals surface area contributed by atoms with Crippen molar-refractivity contribution in [3.63, 3.8) is 0 Å². The van der Waals surface area contributed by atoms with E-state index in [1.807, 2.05) is 54.6 Å². The Labute approximate surface area is 283 Å². The average molecular weight is 675 g/mol. The lowest BCUT2D eigenvalue weighted by Gasteiger charge is -2.50. The minimum atomic E-state index is -1.53. The molecule has 3 atom stereocenters. The van der Waals surface area contributed by atoms with Gasteiger partial charge in [0.05, 0.1) is 31.5 Å². The van der Waals surface area contributed by atoms with Gasteiger partial charge in [-0.05, 0) is 51.3 Å². The van der Waals surface area contributed by atoms with Crippen molar-refractivity contribution < 1.29 is 18.9 Å². The van der Waals surface area contributed by atoms with Crippen molar-refractivity contribution >= 4 is 8.53 Å². The van der Waals surface area contributed by atoms with Gasteiger partial charge in [0.15, 0.2) is 6.23 Å². The van der Waals surface area contributed by atoms with Gasteiger partial charge in [-0.25, -0.2) is 9.46 Å². The third kappa shape index (κ3) is 7.71. The van der Waals surface area contributed by atoms with E-state index in [2.05, 4.69) is 78.6 Å². The van der Waals surface area contributed by atoms with E-state index in [0.29, 0.717) is 18.7 Å². The first-order valence-corrected chi connectivity index (χ1v) is 17.6. The normalized spacial score (nSPS) is 18.1. The zero-order valence-electron chi connectivity index (χ0n) is 28.4. The predicted molar refractivity (Wildman–Crippen MR) is 189 cm³/mol. The van der Waals surface area contributed by atoms with E-state index in [-0.39, 0.29) is 31.9 Å². The molecule has 256 valence electrons. The number of morpholine rings is 1. The number of ether oxygens (including phenoxy) is 1. The fourth-order valence-electron chi connectivity index (χ4n) is 6.63. The number of aliphatic hydroxyl groups excluding tert-OH is 1. The number of aromatic amines is 1. The summed E-state index contributed by atoms with van der Waals surface area (Å²) < 4.78 is 23.0. The SMILES string of the molecule is Cc1cn([C@H]2CN(C(c3ccccc3)(c3ccccc3)c3ccccc3)CC(COP(OCCO)N(C(C)C)C(C)C)O2)c(=O)[nH]c1=O. The summed E-state index contributed by atoms with van der Waals surface area (Å²) in [6, 6.07) is 31.4. The third-order valence-corrected chi connectivity index (χ3v) is 10.6. The Morgan fingerprint density at radius 3 is 1.88 bits per heavy atom. The maximum Gasteiger partial charge on any atom is 0.330 e. The molecule has 2 N–H and O–H groups in total. The molecule has 11 heteroatoms. The molecule has 1 aliphatic rings. The van der Waals surface area contributed by atoms with Gasteiger partial charge in [-0.3, -0.25) is 19.2 Å². The summed E-state index contributed by atoms with van der Waals surface area (Å²) >= 11 is 0. The molecule has 0 amide bonds. The highest BCUT2D eigenvalue weighted by molar-refractivity contribution is 7.44. The van der Waals surface area contributed by atoms with Crippen molar-refractivity contribution in [1.29, 1.82) is 0 Å². The zero-order chi connectivity index (χ0) is 34.3. The lowest BCUT2D eigenvalue weighted by atomic mass is 9.75. The van der Waals surface area contributed by atoms with Crippen molar-refractivity contribution in [2.75, 3.05) is 32.9 Å². The molecule has 0 bridgehead atoms. The van der Waals surface area contributed by atoms with Crippen LogP contribution in [-0.4, -0.2) is 75.3 Å². The summed E-state index contributed by atoms with van der Waals surface area (Å²) in [5.41, 5.74) is 1.86. The van der Waals surface area contributed by atoms with Crippen LogP contribution < -0.4 is 11.2 Å². The van der Waals surface area contributed by atoms with Crippen molar-refractivity contribution in [3.8, 4) is 0 Å². The number of aliphatic hydroxyl groups is 1. The third-order valence-electron chi connectivity index (χ3n) is 8.57.